The van der Waals surface area contributed by atoms with E-state index >= 15 is 0 Å². The number of benzene rings is 4. The summed E-state index contributed by atoms with van der Waals surface area (Å²) in [6, 6.07) is 13.8. The standard InChI is InChI=1S/C20H17F7N2O2.C14H19FN2O3.C13H16FNO4.CH3.H3N/c1-11(12-6-14(19(22,23)24)8-15(7-12)20(25,26)27)31-10-18(9-28-17(30)29-18)13-2-4-16(21)5-3-13;1-14(2,3)20-13(19)17-11(12(18)16-4)9-5-7-10(15)8-6-9;1-13(2,3)19-12(18)15-10(11(16)17)8-4-6-9(14)7-5-8;;/h2-8,11H,9-10H2,1H3,(H2,28,29,30);5-8,11H,1-4H3,(H,16,18)(H,17,19);4-7,10H,1-3H3,(H,15,18)(H,16,17);2*1H3/q;;;+1;/t11-,18-;11-;10-;;/m100../s1. The molecule has 72 heavy (non-hydrogen) atoms. The highest BCUT2D eigenvalue weighted by Gasteiger charge is 2.41. The average molecular weight is 1030 g/mol. The number of likely N-dealkylation sites (N-methyl/N-ethyl adjacent to an activating group) is 1. The van der Waals surface area contributed by atoms with Crippen LogP contribution in [-0.4, -0.2) is 66.6 Å². The summed E-state index contributed by atoms with van der Waals surface area (Å²) in [5.74, 6) is -3.08. The number of halogens is 9. The number of ether oxygens (including phenoxy) is 3. The van der Waals surface area contributed by atoms with Gasteiger partial charge in [-0.3, -0.25) is 4.79 Å². The second-order valence-electron chi connectivity index (χ2n) is 17.4. The van der Waals surface area contributed by atoms with Crippen molar-refractivity contribution in [1.29, 1.82) is 0 Å². The molecule has 1 aliphatic rings. The molecule has 1 saturated heterocycles. The predicted octanol–water partition coefficient (Wildman–Crippen LogP) is 10.4. The first-order chi connectivity index (χ1) is 32.2. The third kappa shape index (κ3) is 19.9. The third-order valence-corrected chi connectivity index (χ3v) is 9.44. The van der Waals surface area contributed by atoms with E-state index in [4.69, 9.17) is 19.3 Å². The number of urea groups is 1. The van der Waals surface area contributed by atoms with Crippen LogP contribution in [0, 0.1) is 24.9 Å². The molecule has 1 fully saturated rings. The molecular weight excluding hydrogens is 976 g/mol. The molecule has 1 heterocycles. The van der Waals surface area contributed by atoms with Gasteiger partial charge in [0.15, 0.2) is 6.04 Å². The Bertz CT molecular complexity index is 2400. The van der Waals surface area contributed by atoms with Gasteiger partial charge in [-0.15, -0.1) is 0 Å². The molecule has 0 aromatic heterocycles. The summed E-state index contributed by atoms with van der Waals surface area (Å²) in [5.41, 5.74) is -4.60. The average Bonchev–Trinajstić information content (AvgIpc) is 3.64. The van der Waals surface area contributed by atoms with Gasteiger partial charge in [0, 0.05) is 21.0 Å². The minimum atomic E-state index is -4.98. The molecule has 4 aromatic carbocycles. The second kappa shape index (κ2) is 25.8. The summed E-state index contributed by atoms with van der Waals surface area (Å²) >= 11 is 0. The van der Waals surface area contributed by atoms with E-state index in [0.29, 0.717) is 23.3 Å². The Hall–Kier alpha value is -7.21. The van der Waals surface area contributed by atoms with Crippen molar-refractivity contribution in [3.8, 4) is 0 Å². The Morgan fingerprint density at radius 2 is 1.06 bits per heavy atom. The summed E-state index contributed by atoms with van der Waals surface area (Å²) in [4.78, 5) is 58.0. The summed E-state index contributed by atoms with van der Waals surface area (Å²) in [5, 5.41) is 21.4. The number of alkyl carbamates (subject to hydrolysis) is 2. The zero-order valence-corrected chi connectivity index (χ0v) is 40.6. The van der Waals surface area contributed by atoms with Gasteiger partial charge in [0.05, 0.1) is 23.8 Å². The smallest absolute Gasteiger partial charge is 0.416 e. The van der Waals surface area contributed by atoms with Crippen LogP contribution in [0.4, 0.5) is 53.9 Å². The van der Waals surface area contributed by atoms with Crippen LogP contribution in [0.15, 0.2) is 91.0 Å². The van der Waals surface area contributed by atoms with Gasteiger partial charge in [0.25, 0.3) is 0 Å². The van der Waals surface area contributed by atoms with Crippen LogP contribution in [0.1, 0.15) is 100 Å². The van der Waals surface area contributed by atoms with Crippen molar-refractivity contribution in [3.63, 3.8) is 0 Å². The fourth-order valence-electron chi connectivity index (χ4n) is 6.12. The van der Waals surface area contributed by atoms with Crippen molar-refractivity contribution >= 4 is 30.1 Å². The van der Waals surface area contributed by atoms with E-state index in [2.05, 4.69) is 26.6 Å². The minimum Gasteiger partial charge on any atom is -0.479 e. The van der Waals surface area contributed by atoms with Crippen molar-refractivity contribution in [2.75, 3.05) is 20.2 Å². The van der Waals surface area contributed by atoms with Crippen molar-refractivity contribution in [3.05, 3.63) is 149 Å². The van der Waals surface area contributed by atoms with Gasteiger partial charge in [-0.1, -0.05) is 36.4 Å². The molecule has 4 aromatic rings. The molecule has 9 N–H and O–H groups in total. The number of nitrogens with one attached hydrogen (secondary N) is 5. The number of hydrogen-bond acceptors (Lipinski definition) is 9. The number of carbonyl (C=O) groups is 5. The van der Waals surface area contributed by atoms with E-state index in [0.717, 1.165) is 24.3 Å². The zero-order chi connectivity index (χ0) is 53.0. The van der Waals surface area contributed by atoms with Crippen LogP contribution >= 0.6 is 0 Å². The maximum Gasteiger partial charge on any atom is 0.416 e. The van der Waals surface area contributed by atoms with E-state index < -0.39 is 106 Å². The number of amides is 5. The predicted molar refractivity (Wildman–Crippen MR) is 246 cm³/mol. The molecule has 24 heteroatoms. The van der Waals surface area contributed by atoms with Crippen LogP contribution < -0.4 is 32.7 Å². The Morgan fingerprint density at radius 1 is 0.667 bits per heavy atom. The van der Waals surface area contributed by atoms with Gasteiger partial charge in [0.2, 0.25) is 5.91 Å². The normalized spacial score (nSPS) is 15.5. The second-order valence-corrected chi connectivity index (χ2v) is 17.4. The fourth-order valence-corrected chi connectivity index (χ4v) is 6.12. The van der Waals surface area contributed by atoms with Crippen molar-refractivity contribution < 1.29 is 82.8 Å². The highest BCUT2D eigenvalue weighted by molar-refractivity contribution is 5.86. The fraction of sp³-hybridized carbons (Fsp3) is 0.375. The van der Waals surface area contributed by atoms with Crippen molar-refractivity contribution in [1.82, 2.24) is 32.7 Å². The molecule has 1 aliphatic heterocycles. The van der Waals surface area contributed by atoms with E-state index in [-0.39, 0.29) is 43.9 Å². The topological polar surface area (TPSA) is 228 Å². The van der Waals surface area contributed by atoms with E-state index in [1.807, 2.05) is 0 Å². The Kier molecular flexibility index (Phi) is 22.5. The van der Waals surface area contributed by atoms with Crippen LogP contribution in [0.3, 0.4) is 0 Å². The lowest BCUT2D eigenvalue weighted by atomic mass is 9.91. The van der Waals surface area contributed by atoms with Gasteiger partial charge in [-0.25, -0.2) is 32.3 Å². The zero-order valence-electron chi connectivity index (χ0n) is 40.6. The van der Waals surface area contributed by atoms with Crippen LogP contribution in [-0.2, 0) is 41.7 Å². The largest absolute Gasteiger partial charge is 0.479 e. The first kappa shape index (κ1) is 62.8. The lowest BCUT2D eigenvalue weighted by Crippen LogP contribution is -2.45. The van der Waals surface area contributed by atoms with Gasteiger partial charge in [-0.2, -0.15) is 26.3 Å². The maximum atomic E-state index is 13.3. The SMILES string of the molecule is CC(C)(C)OC(=O)N[C@H](C(=O)O)c1ccc(F)cc1.CNC(=O)[C@@H](NC(=O)OC(C)(C)C)c1ccc(F)cc1.C[C@@H](OC[C@@]1(c2ccc(F)cc2)CNC(=O)N1)c1cc(C(F)(F)F)cc(C(F)(F)F)c1.N.[CH3+]. The van der Waals surface area contributed by atoms with E-state index in [1.165, 1.54) is 62.5 Å². The number of aliphatic carboxylic acids is 1. The van der Waals surface area contributed by atoms with Crippen LogP contribution in [0.2, 0.25) is 0 Å². The molecule has 0 bridgehead atoms. The molecule has 0 unspecified atom stereocenters. The van der Waals surface area contributed by atoms with Crippen molar-refractivity contribution in [2.24, 2.45) is 0 Å². The quantitative estimate of drug-likeness (QED) is 0.0555. The van der Waals surface area contributed by atoms with Gasteiger partial charge in [0.1, 0.15) is 40.2 Å². The molecule has 15 nitrogen and oxygen atoms in total. The van der Waals surface area contributed by atoms with E-state index in [9.17, 15) is 63.5 Å². The molecule has 5 rings (SSSR count). The highest BCUT2D eigenvalue weighted by Crippen LogP contribution is 2.38. The summed E-state index contributed by atoms with van der Waals surface area (Å²) < 4.78 is 133. The number of carbonyl (C=O) groups excluding carboxylic acids is 4. The number of rotatable bonds is 11. The molecule has 0 saturated carbocycles. The monoisotopic (exact) mass is 1030 g/mol. The molecule has 5 amide bonds. The Balaban J connectivity index is 0.000000557. The third-order valence-electron chi connectivity index (χ3n) is 9.44. The summed E-state index contributed by atoms with van der Waals surface area (Å²) in [6.45, 7) is 11.2. The molecule has 0 aliphatic carbocycles. The van der Waals surface area contributed by atoms with Crippen molar-refractivity contribution in [2.45, 2.75) is 95.7 Å². The van der Waals surface area contributed by atoms with Gasteiger partial charge >= 0.3 is 36.5 Å². The van der Waals surface area contributed by atoms with E-state index in [1.54, 1.807) is 41.5 Å². The van der Waals surface area contributed by atoms with Gasteiger partial charge in [-0.05, 0) is 125 Å². The molecule has 4 atom stereocenters. The Labute approximate surface area is 410 Å². The highest BCUT2D eigenvalue weighted by atomic mass is 19.4. The maximum absolute atomic E-state index is 13.3. The minimum absolute atomic E-state index is 0. The Morgan fingerprint density at radius 3 is 1.40 bits per heavy atom. The van der Waals surface area contributed by atoms with Gasteiger partial charge < -0.3 is 52.1 Å². The summed E-state index contributed by atoms with van der Waals surface area (Å²) in [6.07, 6.45) is -12.7. The van der Waals surface area contributed by atoms with Crippen LogP contribution in [0.5, 0.6) is 0 Å². The lowest BCUT2D eigenvalue weighted by molar-refractivity contribution is -0.143. The molecule has 0 spiro atoms. The number of alkyl halides is 6. The van der Waals surface area contributed by atoms with Crippen LogP contribution in [0.25, 0.3) is 0 Å². The summed E-state index contributed by atoms with van der Waals surface area (Å²) in [7, 11) is 1.45. The first-order valence-electron chi connectivity index (χ1n) is 20.9. The molecule has 396 valence electrons. The lowest BCUT2D eigenvalue weighted by Gasteiger charge is -2.30. The molecule has 0 radical (unpaired) electrons. The molecular formula is C48H58F9N6O9+. The number of carboxylic acid groups (broad SMARTS) is 1. The number of hydrogen-bond donors (Lipinski definition) is 7. The number of carboxylic acids is 1. The first-order valence-corrected chi connectivity index (χ1v) is 20.9.